The molecule has 0 fully saturated rings. The third-order valence-corrected chi connectivity index (χ3v) is 4.59. The van der Waals surface area contributed by atoms with Gasteiger partial charge in [0.05, 0.1) is 0 Å². The number of pyridine rings is 1. The largest absolute Gasteiger partial charge is 0.298 e. The highest BCUT2D eigenvalue weighted by atomic mass is 19.3. The Morgan fingerprint density at radius 3 is 2.23 bits per heavy atom. The summed E-state index contributed by atoms with van der Waals surface area (Å²) in [5, 5.41) is 3.41. The van der Waals surface area contributed by atoms with Crippen LogP contribution in [-0.2, 0) is 17.8 Å². The van der Waals surface area contributed by atoms with Crippen LogP contribution >= 0.6 is 0 Å². The number of nitrogens with zero attached hydrogens (tertiary/aromatic N) is 3. The van der Waals surface area contributed by atoms with E-state index in [-0.39, 0.29) is 18.4 Å². The van der Waals surface area contributed by atoms with Crippen LogP contribution < -0.4 is 0 Å². The summed E-state index contributed by atoms with van der Waals surface area (Å²) in [6.07, 6.45) is -4.83. The lowest BCUT2D eigenvalue weighted by Gasteiger charge is -2.17. The lowest BCUT2D eigenvalue weighted by Crippen LogP contribution is -2.18. The van der Waals surface area contributed by atoms with Crippen LogP contribution in [0.15, 0.2) is 48.7 Å². The Kier molecular flexibility index (Phi) is 7.09. The maximum atomic E-state index is 13.6. The van der Waals surface area contributed by atoms with E-state index in [4.69, 9.17) is 0 Å². The minimum Gasteiger partial charge on any atom is -0.298 e. The predicted molar refractivity (Wildman–Crippen MR) is 98.8 cm³/mol. The van der Waals surface area contributed by atoms with E-state index in [0.29, 0.717) is 22.5 Å². The number of halogens is 6. The van der Waals surface area contributed by atoms with Crippen molar-refractivity contribution in [3.8, 4) is 0 Å². The van der Waals surface area contributed by atoms with E-state index in [1.165, 1.54) is 6.20 Å². The molecule has 31 heavy (non-hydrogen) atoms. The molecule has 0 radical (unpaired) electrons. The number of Topliss-reactive ketones (excluding diaryl/α,β-unsaturated/α-hetero) is 1. The molecule has 0 N–H and O–H groups in total. The summed E-state index contributed by atoms with van der Waals surface area (Å²) in [7, 11) is 0. The molecule has 2 aromatic heterocycles. The number of benzene rings is 1. The normalized spacial score (nSPS) is 12.5. The Morgan fingerprint density at radius 1 is 0.935 bits per heavy atom. The van der Waals surface area contributed by atoms with Gasteiger partial charge in [-0.2, -0.15) is 5.10 Å². The van der Waals surface area contributed by atoms with Crippen LogP contribution in [0, 0.1) is 11.6 Å². The van der Waals surface area contributed by atoms with Gasteiger partial charge in [0.25, 0.3) is 12.9 Å². The van der Waals surface area contributed by atoms with Crippen LogP contribution in [0.3, 0.4) is 0 Å². The minimum absolute atomic E-state index is 0.0561. The van der Waals surface area contributed by atoms with Crippen LogP contribution in [-0.4, -0.2) is 20.5 Å². The highest BCUT2D eigenvalue weighted by Gasteiger charge is 2.24. The zero-order valence-electron chi connectivity index (χ0n) is 16.0. The van der Waals surface area contributed by atoms with Crippen molar-refractivity contribution in [2.75, 3.05) is 0 Å². The first kappa shape index (κ1) is 22.5. The molecule has 0 saturated heterocycles. The van der Waals surface area contributed by atoms with E-state index < -0.39 is 54.1 Å². The van der Waals surface area contributed by atoms with Gasteiger partial charge in [-0.05, 0) is 42.3 Å². The fourth-order valence-corrected chi connectivity index (χ4v) is 3.28. The zero-order valence-corrected chi connectivity index (χ0v) is 16.0. The Balaban J connectivity index is 1.82. The molecule has 10 heteroatoms. The number of hydrogen-bond acceptors (Lipinski definition) is 3. The van der Waals surface area contributed by atoms with Crippen LogP contribution in [0.1, 0.15) is 47.8 Å². The lowest BCUT2D eigenvalue weighted by atomic mass is 9.90. The van der Waals surface area contributed by atoms with Crippen molar-refractivity contribution in [3.05, 3.63) is 82.9 Å². The molecule has 0 amide bonds. The molecule has 3 aromatic rings. The van der Waals surface area contributed by atoms with Crippen molar-refractivity contribution in [3.63, 3.8) is 0 Å². The summed E-state index contributed by atoms with van der Waals surface area (Å²) in [5.41, 5.74) is -0.888. The molecule has 1 atom stereocenters. The third kappa shape index (κ3) is 5.93. The Hall–Kier alpha value is -3.17. The number of hydrogen-bond donors (Lipinski definition) is 0. The van der Waals surface area contributed by atoms with Gasteiger partial charge >= 0.3 is 0 Å². The van der Waals surface area contributed by atoms with Gasteiger partial charge in [-0.1, -0.05) is 6.07 Å². The summed E-state index contributed by atoms with van der Waals surface area (Å²) < 4.78 is 79.6. The Bertz CT molecular complexity index is 1020. The average molecular weight is 441 g/mol. The van der Waals surface area contributed by atoms with Crippen molar-refractivity contribution in [1.29, 1.82) is 0 Å². The molecule has 0 spiro atoms. The number of alkyl halides is 4. The smallest absolute Gasteiger partial charge is 0.282 e. The van der Waals surface area contributed by atoms with Gasteiger partial charge < -0.3 is 0 Å². The molecule has 3 rings (SSSR count). The first-order valence-electron chi connectivity index (χ1n) is 9.24. The average Bonchev–Trinajstić information content (AvgIpc) is 3.12. The molecule has 0 saturated carbocycles. The maximum Gasteiger partial charge on any atom is 0.282 e. The Morgan fingerprint density at radius 2 is 1.65 bits per heavy atom. The van der Waals surface area contributed by atoms with Crippen molar-refractivity contribution in [2.24, 2.45) is 0 Å². The molecular formula is C21H17F6N3O. The van der Waals surface area contributed by atoms with E-state index in [1.54, 1.807) is 18.2 Å². The number of carbonyl (C=O) groups is 1. The highest BCUT2D eigenvalue weighted by molar-refractivity contribution is 5.79. The number of ketones is 1. The van der Waals surface area contributed by atoms with Crippen LogP contribution in [0.25, 0.3) is 0 Å². The van der Waals surface area contributed by atoms with Gasteiger partial charge in [0.1, 0.15) is 29.6 Å². The summed E-state index contributed by atoms with van der Waals surface area (Å²) >= 11 is 0. The van der Waals surface area contributed by atoms with Crippen LogP contribution in [0.5, 0.6) is 0 Å². The molecule has 0 unspecified atom stereocenters. The van der Waals surface area contributed by atoms with Gasteiger partial charge in [-0.3, -0.25) is 14.5 Å². The zero-order chi connectivity index (χ0) is 22.5. The van der Waals surface area contributed by atoms with Crippen LogP contribution in [0.4, 0.5) is 26.3 Å². The predicted octanol–water partition coefficient (Wildman–Crippen LogP) is 5.42. The summed E-state index contributed by atoms with van der Waals surface area (Å²) in [5.74, 6) is -2.74. The quantitative estimate of drug-likeness (QED) is 0.417. The Labute approximate surface area is 173 Å². The summed E-state index contributed by atoms with van der Waals surface area (Å²) in [6, 6.07) is 8.48. The second kappa shape index (κ2) is 9.76. The molecule has 0 aliphatic rings. The van der Waals surface area contributed by atoms with Crippen LogP contribution in [0.2, 0.25) is 0 Å². The monoisotopic (exact) mass is 441 g/mol. The molecule has 164 valence electrons. The van der Waals surface area contributed by atoms with Gasteiger partial charge in [0.15, 0.2) is 5.78 Å². The second-order valence-corrected chi connectivity index (χ2v) is 6.93. The second-order valence-electron chi connectivity index (χ2n) is 6.93. The number of carbonyl (C=O) groups excluding carboxylic acids is 1. The fourth-order valence-electron chi connectivity index (χ4n) is 3.28. The van der Waals surface area contributed by atoms with Crippen molar-refractivity contribution < 1.29 is 31.1 Å². The number of aromatic nitrogens is 3. The lowest BCUT2D eigenvalue weighted by molar-refractivity contribution is -0.120. The highest BCUT2D eigenvalue weighted by Crippen LogP contribution is 2.27. The van der Waals surface area contributed by atoms with Crippen molar-refractivity contribution >= 4 is 5.78 Å². The SMILES string of the molecule is O=C(C[C@@H](Cc1cc(F)cc(F)c1)c1ccccn1)Cn1nc(C(F)F)cc1C(F)F. The molecule has 1 aromatic carbocycles. The molecule has 4 nitrogen and oxygen atoms in total. The van der Waals surface area contributed by atoms with Crippen molar-refractivity contribution in [2.45, 2.75) is 38.2 Å². The minimum atomic E-state index is -3.09. The van der Waals surface area contributed by atoms with E-state index >= 15 is 0 Å². The molecule has 0 aliphatic carbocycles. The van der Waals surface area contributed by atoms with E-state index in [2.05, 4.69) is 10.1 Å². The molecule has 2 heterocycles. The number of rotatable bonds is 9. The molecule has 0 aliphatic heterocycles. The maximum absolute atomic E-state index is 13.6. The topological polar surface area (TPSA) is 47.8 Å². The van der Waals surface area contributed by atoms with E-state index in [0.717, 1.165) is 12.1 Å². The van der Waals surface area contributed by atoms with Gasteiger partial charge in [0, 0.05) is 30.3 Å². The molecular weight excluding hydrogens is 424 g/mol. The molecule has 0 bridgehead atoms. The summed E-state index contributed by atoms with van der Waals surface area (Å²) in [4.78, 5) is 16.8. The van der Waals surface area contributed by atoms with Gasteiger partial charge in [-0.15, -0.1) is 0 Å². The van der Waals surface area contributed by atoms with Crippen molar-refractivity contribution in [1.82, 2.24) is 14.8 Å². The third-order valence-electron chi connectivity index (χ3n) is 4.59. The first-order valence-corrected chi connectivity index (χ1v) is 9.24. The fraction of sp³-hybridized carbons (Fsp3) is 0.286. The van der Waals surface area contributed by atoms with E-state index in [9.17, 15) is 31.1 Å². The van der Waals surface area contributed by atoms with Gasteiger partial charge in [0.2, 0.25) is 0 Å². The standard InChI is InChI=1S/C21H17F6N3O/c22-14-6-12(7-15(23)9-14)5-13(17-3-1-2-4-28-17)8-16(31)11-30-19(21(26)27)10-18(29-30)20(24)25/h1-4,6-7,9-10,13,20-21H,5,8,11H2/t13-/m1/s1. The van der Waals surface area contributed by atoms with E-state index in [1.807, 2.05) is 0 Å². The first-order chi connectivity index (χ1) is 14.7. The van der Waals surface area contributed by atoms with Gasteiger partial charge in [-0.25, -0.2) is 26.3 Å². The summed E-state index contributed by atoms with van der Waals surface area (Å²) in [6.45, 7) is -0.646.